The molecule has 1 aliphatic rings. The summed E-state index contributed by atoms with van der Waals surface area (Å²) < 4.78 is 17.3. The van der Waals surface area contributed by atoms with Crippen LogP contribution in [-0.2, 0) is 98.8 Å². The first kappa shape index (κ1) is 66.8. The molecule has 5 rings (SSSR count). The summed E-state index contributed by atoms with van der Waals surface area (Å²) in [7, 11) is 0. The first-order chi connectivity index (χ1) is 37.7. The standard InChI is InChI=1S/C70H102N2O10/c1-64(2,3)49-37-44(24-28-56(73)71-72-57(74)29-25-45-42-54(68(13,14)15)63-55(43-45)70(18,19)82-63)36-48(60(49)77)32-33-69(16,17)53-41-47(40-52(62(53)79)67(10,11)12)27-31-59(76)81-35-23-21-20-22-34-80-58(75)30-26-46-38-50(65(4,5)6)61(78)51(39-46)66(7,8)9/h36-43,77-79H,20-35H2,1-19H3,(H,71,73)(H,72,74). The zero-order valence-electron chi connectivity index (χ0n) is 53.6. The quantitative estimate of drug-likeness (QED) is 0.0272. The molecule has 1 aliphatic heterocycles. The number of hydrogen-bond acceptors (Lipinski definition) is 10. The van der Waals surface area contributed by atoms with E-state index in [2.05, 4.69) is 120 Å². The van der Waals surface area contributed by atoms with E-state index >= 15 is 0 Å². The predicted molar refractivity (Wildman–Crippen MR) is 329 cm³/mol. The Morgan fingerprint density at radius 3 is 1.18 bits per heavy atom. The zero-order chi connectivity index (χ0) is 61.6. The highest BCUT2D eigenvalue weighted by Crippen LogP contribution is 2.50. The van der Waals surface area contributed by atoms with Gasteiger partial charge in [-0.25, -0.2) is 0 Å². The first-order valence-corrected chi connectivity index (χ1v) is 30.0. The molecule has 5 N–H and O–H groups in total. The van der Waals surface area contributed by atoms with E-state index in [0.717, 1.165) is 91.8 Å². The number of amides is 2. The summed E-state index contributed by atoms with van der Waals surface area (Å²) in [4.78, 5) is 51.9. The Hall–Kier alpha value is -6.04. The molecule has 0 aliphatic carbocycles. The number of ether oxygens (including phenoxy) is 3. The Morgan fingerprint density at radius 2 is 0.780 bits per heavy atom. The number of benzene rings is 4. The average Bonchev–Trinajstić information content (AvgIpc) is 3.44. The lowest BCUT2D eigenvalue weighted by molar-refractivity contribution is -0.145. The predicted octanol–water partition coefficient (Wildman–Crippen LogP) is 14.8. The summed E-state index contributed by atoms with van der Waals surface area (Å²) in [5.74, 6) is 0.587. The molecule has 452 valence electrons. The molecule has 0 saturated carbocycles. The maximum Gasteiger partial charge on any atom is 0.306 e. The van der Waals surface area contributed by atoms with Gasteiger partial charge in [0.2, 0.25) is 11.8 Å². The molecule has 12 heteroatoms. The van der Waals surface area contributed by atoms with E-state index in [-0.39, 0.29) is 88.2 Å². The molecule has 0 bridgehead atoms. The third-order valence-corrected chi connectivity index (χ3v) is 16.0. The molecular formula is C70H102N2O10. The molecular weight excluding hydrogens is 1030 g/mol. The van der Waals surface area contributed by atoms with Crippen LogP contribution in [0.25, 0.3) is 0 Å². The first-order valence-electron chi connectivity index (χ1n) is 30.0. The summed E-state index contributed by atoms with van der Waals surface area (Å²) in [6.45, 7) is 40.2. The summed E-state index contributed by atoms with van der Waals surface area (Å²) >= 11 is 0. The second-order valence-corrected chi connectivity index (χ2v) is 29.4. The highest BCUT2D eigenvalue weighted by molar-refractivity contribution is 5.82. The molecule has 4 aromatic carbocycles. The van der Waals surface area contributed by atoms with E-state index in [1.54, 1.807) is 0 Å². The lowest BCUT2D eigenvalue weighted by Crippen LogP contribution is -2.41. The number of nitrogens with one attached hydrogen (secondary N) is 2. The summed E-state index contributed by atoms with van der Waals surface area (Å²) in [6.07, 6.45) is 6.85. The van der Waals surface area contributed by atoms with Crippen molar-refractivity contribution in [3.05, 3.63) is 115 Å². The number of carbonyl (C=O) groups excluding carboxylic acids is 4. The minimum atomic E-state index is -0.552. The molecule has 0 spiro atoms. The van der Waals surface area contributed by atoms with E-state index in [0.29, 0.717) is 63.9 Å². The number of unbranched alkanes of at least 4 members (excludes halogenated alkanes) is 3. The Bertz CT molecular complexity index is 2890. The minimum absolute atomic E-state index is 0.117. The normalized spacial score (nSPS) is 13.6. The number of carbonyl (C=O) groups is 4. The van der Waals surface area contributed by atoms with Crippen molar-refractivity contribution < 1.29 is 48.7 Å². The van der Waals surface area contributed by atoms with Gasteiger partial charge in [-0.1, -0.05) is 160 Å². The van der Waals surface area contributed by atoms with Crippen LogP contribution in [0.2, 0.25) is 0 Å². The maximum atomic E-state index is 13.2. The summed E-state index contributed by atoms with van der Waals surface area (Å²) in [5, 5.41) is 34.7. The molecule has 0 saturated heterocycles. The molecule has 0 atom stereocenters. The van der Waals surface area contributed by atoms with Crippen molar-refractivity contribution in [1.82, 2.24) is 10.9 Å². The third kappa shape index (κ3) is 18.2. The largest absolute Gasteiger partial charge is 0.507 e. The van der Waals surface area contributed by atoms with Crippen molar-refractivity contribution in [2.24, 2.45) is 0 Å². The van der Waals surface area contributed by atoms with Gasteiger partial charge in [0.15, 0.2) is 0 Å². The molecule has 0 aromatic heterocycles. The second-order valence-electron chi connectivity index (χ2n) is 29.4. The van der Waals surface area contributed by atoms with Crippen LogP contribution in [0.1, 0.15) is 256 Å². The highest BCUT2D eigenvalue weighted by atomic mass is 16.5. The number of phenolic OH excluding ortho intramolecular Hbond substituents is 3. The monoisotopic (exact) mass is 1130 g/mol. The fourth-order valence-corrected chi connectivity index (χ4v) is 10.7. The Balaban J connectivity index is 1.10. The van der Waals surface area contributed by atoms with Crippen molar-refractivity contribution in [1.29, 1.82) is 0 Å². The molecule has 12 nitrogen and oxygen atoms in total. The average molecular weight is 1130 g/mol. The number of hydrazine groups is 1. The van der Waals surface area contributed by atoms with Crippen molar-refractivity contribution >= 4 is 23.8 Å². The molecule has 4 aromatic rings. The van der Waals surface area contributed by atoms with Crippen LogP contribution in [0.15, 0.2) is 48.5 Å². The van der Waals surface area contributed by atoms with Crippen molar-refractivity contribution in [2.45, 2.75) is 260 Å². The molecule has 82 heavy (non-hydrogen) atoms. The molecule has 1 heterocycles. The maximum absolute atomic E-state index is 13.2. The van der Waals surface area contributed by atoms with E-state index in [4.69, 9.17) is 14.2 Å². The topological polar surface area (TPSA) is 181 Å². The molecule has 0 radical (unpaired) electrons. The number of aromatic hydroxyl groups is 3. The number of fused-ring (bicyclic) bond motifs is 1. The van der Waals surface area contributed by atoms with Crippen LogP contribution in [0, 0.1) is 0 Å². The fraction of sp³-hybridized carbons (Fsp3) is 0.600. The number of rotatable bonds is 23. The van der Waals surface area contributed by atoms with E-state index in [1.807, 2.05) is 71.0 Å². The van der Waals surface area contributed by atoms with Gasteiger partial charge in [0.05, 0.1) is 13.2 Å². The van der Waals surface area contributed by atoms with Crippen molar-refractivity contribution in [3.63, 3.8) is 0 Å². The van der Waals surface area contributed by atoms with Crippen LogP contribution in [0.5, 0.6) is 23.0 Å². The highest BCUT2D eigenvalue weighted by Gasteiger charge is 2.41. The molecule has 0 unspecified atom stereocenters. The smallest absolute Gasteiger partial charge is 0.306 e. The van der Waals surface area contributed by atoms with Crippen LogP contribution in [0.4, 0.5) is 0 Å². The van der Waals surface area contributed by atoms with E-state index in [9.17, 15) is 34.5 Å². The second kappa shape index (κ2) is 26.3. The Labute approximate surface area is 492 Å². The Morgan fingerprint density at radius 1 is 0.439 bits per heavy atom. The third-order valence-electron chi connectivity index (χ3n) is 16.0. The number of aryl methyl sites for hydroxylation is 5. The molecule has 0 fully saturated rings. The lowest BCUT2D eigenvalue weighted by atomic mass is 9.74. The van der Waals surface area contributed by atoms with Gasteiger partial charge in [-0.2, -0.15) is 0 Å². The lowest BCUT2D eigenvalue weighted by Gasteiger charge is -2.42. The van der Waals surface area contributed by atoms with Gasteiger partial charge in [0.1, 0.15) is 28.6 Å². The van der Waals surface area contributed by atoms with Crippen LogP contribution in [-0.4, -0.2) is 52.3 Å². The molecule has 2 amide bonds. The van der Waals surface area contributed by atoms with Crippen LogP contribution in [0.3, 0.4) is 0 Å². The van der Waals surface area contributed by atoms with E-state index in [1.165, 1.54) is 0 Å². The van der Waals surface area contributed by atoms with Crippen LogP contribution >= 0.6 is 0 Å². The summed E-state index contributed by atoms with van der Waals surface area (Å²) in [5.41, 5.74) is 13.9. The van der Waals surface area contributed by atoms with E-state index < -0.39 is 10.8 Å². The van der Waals surface area contributed by atoms with Gasteiger partial charge in [-0.15, -0.1) is 0 Å². The van der Waals surface area contributed by atoms with Gasteiger partial charge in [-0.3, -0.25) is 30.0 Å². The summed E-state index contributed by atoms with van der Waals surface area (Å²) in [6, 6.07) is 16.2. The fourth-order valence-electron chi connectivity index (χ4n) is 10.7. The van der Waals surface area contributed by atoms with Crippen molar-refractivity contribution in [3.8, 4) is 23.0 Å². The zero-order valence-corrected chi connectivity index (χ0v) is 53.6. The van der Waals surface area contributed by atoms with Gasteiger partial charge in [0, 0.05) is 42.4 Å². The van der Waals surface area contributed by atoms with Gasteiger partial charge >= 0.3 is 11.9 Å². The van der Waals surface area contributed by atoms with Gasteiger partial charge < -0.3 is 29.5 Å². The van der Waals surface area contributed by atoms with Gasteiger partial charge in [0.25, 0.3) is 0 Å². The van der Waals surface area contributed by atoms with Crippen molar-refractivity contribution in [2.75, 3.05) is 13.2 Å². The SMILES string of the molecule is CC(C)(C)c1cc(CCC(=O)NNC(=O)CCc2cc(C(C)(C)C)c3c(c2)C(C)(C)O3)cc(CCC(C)(C)c2cc(CCC(=O)OCCCCCCOC(=O)CCc3cc(C(C)(C)C)c(O)c(C(C)(C)C)c3)cc(C(C)(C)C)c2O)c1O. The van der Waals surface area contributed by atoms with Gasteiger partial charge in [-0.05, 0) is 167 Å². The number of esters is 2. The van der Waals surface area contributed by atoms with Crippen LogP contribution < -0.4 is 15.6 Å². The number of hydrogen-bond donors (Lipinski definition) is 5. The minimum Gasteiger partial charge on any atom is -0.507 e. The number of phenols is 3. The Kier molecular flexibility index (Phi) is 21.4.